The molecule has 0 spiro atoms. The standard InChI is InChI=1S/C15H9FN4O3/c16-10-1-2-11-12(5-10)17-8-20(15(11)21)6-13-18-14(23-19-13)9-3-4-22-7-9/h1-5,7-8H,6H2. The zero-order chi connectivity index (χ0) is 15.8. The Labute approximate surface area is 128 Å². The molecule has 3 heterocycles. The van der Waals surface area contributed by atoms with Crippen molar-refractivity contribution in [1.82, 2.24) is 19.7 Å². The zero-order valence-corrected chi connectivity index (χ0v) is 11.6. The first kappa shape index (κ1) is 13.4. The van der Waals surface area contributed by atoms with E-state index in [1.807, 2.05) is 0 Å². The van der Waals surface area contributed by atoms with Crippen LogP contribution in [-0.4, -0.2) is 19.7 Å². The lowest BCUT2D eigenvalue weighted by Crippen LogP contribution is -2.21. The predicted molar refractivity (Wildman–Crippen MR) is 77.1 cm³/mol. The molecule has 0 unspecified atom stereocenters. The summed E-state index contributed by atoms with van der Waals surface area (Å²) in [5, 5.41) is 4.15. The van der Waals surface area contributed by atoms with E-state index in [0.717, 1.165) is 0 Å². The first-order valence-corrected chi connectivity index (χ1v) is 6.70. The SMILES string of the molecule is O=c1c2ccc(F)cc2ncn1Cc1noc(-c2ccoc2)n1. The molecule has 0 saturated carbocycles. The van der Waals surface area contributed by atoms with Crippen LogP contribution in [0, 0.1) is 5.82 Å². The lowest BCUT2D eigenvalue weighted by Gasteiger charge is -2.03. The van der Waals surface area contributed by atoms with Crippen LogP contribution in [-0.2, 0) is 6.54 Å². The average Bonchev–Trinajstić information content (AvgIpc) is 3.21. The second kappa shape index (κ2) is 5.16. The van der Waals surface area contributed by atoms with Gasteiger partial charge in [0, 0.05) is 6.07 Å². The molecule has 0 amide bonds. The van der Waals surface area contributed by atoms with Crippen molar-refractivity contribution in [3.63, 3.8) is 0 Å². The van der Waals surface area contributed by atoms with Crippen LogP contribution in [0.2, 0.25) is 0 Å². The van der Waals surface area contributed by atoms with Crippen LogP contribution >= 0.6 is 0 Å². The van der Waals surface area contributed by atoms with Gasteiger partial charge in [-0.3, -0.25) is 9.36 Å². The Morgan fingerprint density at radius 1 is 1.26 bits per heavy atom. The maximum atomic E-state index is 13.2. The third-order valence-corrected chi connectivity index (χ3v) is 3.34. The molecule has 0 atom stereocenters. The maximum absolute atomic E-state index is 13.2. The van der Waals surface area contributed by atoms with E-state index in [-0.39, 0.29) is 12.1 Å². The number of furan rings is 1. The van der Waals surface area contributed by atoms with Gasteiger partial charge in [0.15, 0.2) is 5.82 Å². The van der Waals surface area contributed by atoms with Crippen LogP contribution in [0.4, 0.5) is 4.39 Å². The molecule has 7 nitrogen and oxygen atoms in total. The van der Waals surface area contributed by atoms with Crippen molar-refractivity contribution in [1.29, 1.82) is 0 Å². The first-order valence-electron chi connectivity index (χ1n) is 6.70. The molecule has 1 aromatic carbocycles. The van der Waals surface area contributed by atoms with Crippen LogP contribution in [0.25, 0.3) is 22.4 Å². The molecular weight excluding hydrogens is 303 g/mol. The van der Waals surface area contributed by atoms with Gasteiger partial charge >= 0.3 is 0 Å². The van der Waals surface area contributed by atoms with Gasteiger partial charge < -0.3 is 8.94 Å². The third-order valence-electron chi connectivity index (χ3n) is 3.34. The number of rotatable bonds is 3. The molecule has 4 rings (SSSR count). The Morgan fingerprint density at radius 2 is 2.17 bits per heavy atom. The summed E-state index contributed by atoms with van der Waals surface area (Å²) in [6.07, 6.45) is 4.31. The largest absolute Gasteiger partial charge is 0.472 e. The Balaban J connectivity index is 1.69. The van der Waals surface area contributed by atoms with Gasteiger partial charge in [-0.1, -0.05) is 5.16 Å². The third kappa shape index (κ3) is 2.39. The van der Waals surface area contributed by atoms with Crippen molar-refractivity contribution >= 4 is 10.9 Å². The monoisotopic (exact) mass is 312 g/mol. The van der Waals surface area contributed by atoms with Gasteiger partial charge in [0.1, 0.15) is 12.1 Å². The number of hydrogen-bond donors (Lipinski definition) is 0. The lowest BCUT2D eigenvalue weighted by molar-refractivity contribution is 0.419. The second-order valence-corrected chi connectivity index (χ2v) is 4.87. The summed E-state index contributed by atoms with van der Waals surface area (Å²) in [7, 11) is 0. The highest BCUT2D eigenvalue weighted by Gasteiger charge is 2.12. The van der Waals surface area contributed by atoms with Crippen LogP contribution < -0.4 is 5.56 Å². The smallest absolute Gasteiger partial charge is 0.261 e. The molecule has 8 heteroatoms. The zero-order valence-electron chi connectivity index (χ0n) is 11.6. The van der Waals surface area contributed by atoms with Gasteiger partial charge in [0.2, 0.25) is 0 Å². The van der Waals surface area contributed by atoms with Crippen LogP contribution in [0.5, 0.6) is 0 Å². The van der Waals surface area contributed by atoms with Gasteiger partial charge in [-0.25, -0.2) is 9.37 Å². The normalized spacial score (nSPS) is 11.2. The number of fused-ring (bicyclic) bond motifs is 1. The lowest BCUT2D eigenvalue weighted by atomic mass is 10.2. The summed E-state index contributed by atoms with van der Waals surface area (Å²) >= 11 is 0. The molecule has 4 aromatic rings. The average molecular weight is 312 g/mol. The second-order valence-electron chi connectivity index (χ2n) is 4.87. The molecule has 0 N–H and O–H groups in total. The minimum absolute atomic E-state index is 0.0977. The number of hydrogen-bond acceptors (Lipinski definition) is 6. The Kier molecular flexibility index (Phi) is 3.00. The molecular formula is C15H9FN4O3. The molecule has 23 heavy (non-hydrogen) atoms. The van der Waals surface area contributed by atoms with Gasteiger partial charge in [-0.15, -0.1) is 0 Å². The Bertz CT molecular complexity index is 1040. The van der Waals surface area contributed by atoms with E-state index in [9.17, 15) is 9.18 Å². The summed E-state index contributed by atoms with van der Waals surface area (Å²) in [6, 6.07) is 5.53. The Morgan fingerprint density at radius 3 is 3.00 bits per heavy atom. The van der Waals surface area contributed by atoms with Gasteiger partial charge in [-0.05, 0) is 18.2 Å². The van der Waals surface area contributed by atoms with E-state index in [2.05, 4.69) is 15.1 Å². The van der Waals surface area contributed by atoms with Crippen molar-refractivity contribution in [2.24, 2.45) is 0 Å². The van der Waals surface area contributed by atoms with Crippen molar-refractivity contribution in [2.75, 3.05) is 0 Å². The van der Waals surface area contributed by atoms with Crippen LogP contribution in [0.3, 0.4) is 0 Å². The summed E-state index contributed by atoms with van der Waals surface area (Å²) in [4.78, 5) is 20.7. The van der Waals surface area contributed by atoms with E-state index in [4.69, 9.17) is 8.94 Å². The van der Waals surface area contributed by atoms with Crippen LogP contribution in [0.15, 0.2) is 56.9 Å². The fourth-order valence-corrected chi connectivity index (χ4v) is 2.22. The summed E-state index contributed by atoms with van der Waals surface area (Å²) < 4.78 is 24.6. The number of halogens is 1. The summed E-state index contributed by atoms with van der Waals surface area (Å²) in [5.41, 5.74) is 0.659. The molecule has 0 aliphatic carbocycles. The van der Waals surface area contributed by atoms with E-state index in [1.54, 1.807) is 6.07 Å². The van der Waals surface area contributed by atoms with Crippen LogP contribution in [0.1, 0.15) is 5.82 Å². The van der Waals surface area contributed by atoms with Gasteiger partial charge in [-0.2, -0.15) is 4.98 Å². The fourth-order valence-electron chi connectivity index (χ4n) is 2.22. The van der Waals surface area contributed by atoms with Gasteiger partial charge in [0.05, 0.1) is 35.6 Å². The summed E-state index contributed by atoms with van der Waals surface area (Å²) in [6.45, 7) is 0.0977. The molecule has 0 bridgehead atoms. The molecule has 3 aromatic heterocycles. The number of nitrogens with zero attached hydrogens (tertiary/aromatic N) is 4. The maximum Gasteiger partial charge on any atom is 0.261 e. The minimum Gasteiger partial charge on any atom is -0.472 e. The number of aromatic nitrogens is 4. The van der Waals surface area contributed by atoms with E-state index < -0.39 is 5.82 Å². The highest BCUT2D eigenvalue weighted by atomic mass is 19.1. The quantitative estimate of drug-likeness (QED) is 0.576. The van der Waals surface area contributed by atoms with Crippen molar-refractivity contribution in [2.45, 2.75) is 6.54 Å². The molecule has 0 saturated heterocycles. The molecule has 0 aliphatic rings. The van der Waals surface area contributed by atoms with Crippen molar-refractivity contribution < 1.29 is 13.3 Å². The van der Waals surface area contributed by atoms with E-state index >= 15 is 0 Å². The fraction of sp³-hybridized carbons (Fsp3) is 0.0667. The molecule has 0 radical (unpaired) electrons. The van der Waals surface area contributed by atoms with E-state index in [1.165, 1.54) is 41.6 Å². The van der Waals surface area contributed by atoms with Crippen molar-refractivity contribution in [3.05, 3.63) is 65.1 Å². The molecule has 0 fully saturated rings. The van der Waals surface area contributed by atoms with E-state index in [0.29, 0.717) is 28.2 Å². The highest BCUT2D eigenvalue weighted by Crippen LogP contribution is 2.17. The minimum atomic E-state index is -0.440. The predicted octanol–water partition coefficient (Wildman–Crippen LogP) is 2.23. The summed E-state index contributed by atoms with van der Waals surface area (Å²) in [5.74, 6) is 0.189. The van der Waals surface area contributed by atoms with Crippen molar-refractivity contribution in [3.8, 4) is 11.5 Å². The first-order chi connectivity index (χ1) is 11.2. The highest BCUT2D eigenvalue weighted by molar-refractivity contribution is 5.77. The number of benzene rings is 1. The molecule has 0 aliphatic heterocycles. The van der Waals surface area contributed by atoms with Gasteiger partial charge in [0.25, 0.3) is 11.4 Å². The Hall–Kier alpha value is -3.29. The molecule has 114 valence electrons. The topological polar surface area (TPSA) is 87.0 Å².